The standard InChI is InChI=1S/C25H27FN2O3/c1-17(2)27-25(30)18(3)28(15-20-10-5-7-13-22(20)26)24(29)16-31-23-14-8-11-19-9-4-6-12-21(19)23/h4-14,17-18H,15-16H2,1-3H3,(H,27,30). The van der Waals surface area contributed by atoms with Crippen molar-refractivity contribution in [3.63, 3.8) is 0 Å². The number of ether oxygens (including phenoxy) is 1. The van der Waals surface area contributed by atoms with E-state index < -0.39 is 17.8 Å². The summed E-state index contributed by atoms with van der Waals surface area (Å²) in [6.07, 6.45) is 0. The maximum atomic E-state index is 14.2. The van der Waals surface area contributed by atoms with Crippen molar-refractivity contribution < 1.29 is 18.7 Å². The van der Waals surface area contributed by atoms with E-state index in [1.165, 1.54) is 11.0 Å². The molecule has 0 heterocycles. The monoisotopic (exact) mass is 422 g/mol. The molecule has 3 aromatic rings. The average molecular weight is 423 g/mol. The molecule has 2 amide bonds. The van der Waals surface area contributed by atoms with Crippen LogP contribution < -0.4 is 10.1 Å². The molecule has 6 heteroatoms. The van der Waals surface area contributed by atoms with Crippen LogP contribution in [0.15, 0.2) is 66.7 Å². The Labute approximate surface area is 181 Å². The highest BCUT2D eigenvalue weighted by molar-refractivity contribution is 5.90. The van der Waals surface area contributed by atoms with Crippen molar-refractivity contribution in [3.8, 4) is 5.75 Å². The number of carbonyl (C=O) groups is 2. The molecule has 3 aromatic carbocycles. The molecule has 0 aliphatic heterocycles. The third-order valence-corrected chi connectivity index (χ3v) is 5.00. The lowest BCUT2D eigenvalue weighted by Gasteiger charge is -2.29. The highest BCUT2D eigenvalue weighted by atomic mass is 19.1. The number of fused-ring (bicyclic) bond motifs is 1. The van der Waals surface area contributed by atoms with E-state index in [0.717, 1.165) is 10.8 Å². The fourth-order valence-corrected chi connectivity index (χ4v) is 3.34. The topological polar surface area (TPSA) is 58.6 Å². The zero-order valence-electron chi connectivity index (χ0n) is 18.0. The van der Waals surface area contributed by atoms with E-state index in [9.17, 15) is 14.0 Å². The molecule has 0 radical (unpaired) electrons. The summed E-state index contributed by atoms with van der Waals surface area (Å²) < 4.78 is 20.1. The molecule has 162 valence electrons. The molecular weight excluding hydrogens is 395 g/mol. The minimum Gasteiger partial charge on any atom is -0.483 e. The van der Waals surface area contributed by atoms with Gasteiger partial charge in [-0.25, -0.2) is 4.39 Å². The van der Waals surface area contributed by atoms with Crippen molar-refractivity contribution in [2.75, 3.05) is 6.61 Å². The summed E-state index contributed by atoms with van der Waals surface area (Å²) in [5, 5.41) is 4.70. The number of nitrogens with one attached hydrogen (secondary N) is 1. The third kappa shape index (κ3) is 5.60. The summed E-state index contributed by atoms with van der Waals surface area (Å²) in [7, 11) is 0. The van der Waals surface area contributed by atoms with E-state index in [1.807, 2.05) is 50.2 Å². The lowest BCUT2D eigenvalue weighted by atomic mass is 10.1. The Kier molecular flexibility index (Phi) is 7.23. The Bertz CT molecular complexity index is 1060. The predicted molar refractivity (Wildman–Crippen MR) is 119 cm³/mol. The average Bonchev–Trinajstić information content (AvgIpc) is 2.76. The lowest BCUT2D eigenvalue weighted by Crippen LogP contribution is -2.50. The van der Waals surface area contributed by atoms with Gasteiger partial charge in [0.1, 0.15) is 17.6 Å². The summed E-state index contributed by atoms with van der Waals surface area (Å²) in [5.74, 6) is -0.546. The minimum absolute atomic E-state index is 0.0307. The van der Waals surface area contributed by atoms with E-state index in [2.05, 4.69) is 5.32 Å². The molecule has 1 unspecified atom stereocenters. The van der Waals surface area contributed by atoms with Crippen LogP contribution in [0, 0.1) is 5.82 Å². The van der Waals surface area contributed by atoms with E-state index in [4.69, 9.17) is 4.74 Å². The molecular formula is C25H27FN2O3. The van der Waals surface area contributed by atoms with Gasteiger partial charge in [-0.15, -0.1) is 0 Å². The van der Waals surface area contributed by atoms with E-state index >= 15 is 0 Å². The third-order valence-electron chi connectivity index (χ3n) is 5.00. The first-order chi connectivity index (χ1) is 14.9. The number of amides is 2. The maximum absolute atomic E-state index is 14.2. The highest BCUT2D eigenvalue weighted by Crippen LogP contribution is 2.25. The zero-order chi connectivity index (χ0) is 22.4. The SMILES string of the molecule is CC(C)NC(=O)C(C)N(Cc1ccccc1F)C(=O)COc1cccc2ccccc12. The predicted octanol–water partition coefficient (Wildman–Crippen LogP) is 4.30. The molecule has 5 nitrogen and oxygen atoms in total. The second-order valence-electron chi connectivity index (χ2n) is 7.72. The molecule has 0 fully saturated rings. The zero-order valence-corrected chi connectivity index (χ0v) is 18.0. The first kappa shape index (κ1) is 22.3. The van der Waals surface area contributed by atoms with Crippen LogP contribution in [0.5, 0.6) is 5.75 Å². The highest BCUT2D eigenvalue weighted by Gasteiger charge is 2.27. The Balaban J connectivity index is 1.81. The first-order valence-corrected chi connectivity index (χ1v) is 10.3. The molecule has 0 saturated heterocycles. The van der Waals surface area contributed by atoms with Gasteiger partial charge >= 0.3 is 0 Å². The molecule has 0 saturated carbocycles. The Morgan fingerprint density at radius 2 is 1.65 bits per heavy atom. The number of hydrogen-bond acceptors (Lipinski definition) is 3. The Hall–Kier alpha value is -3.41. The van der Waals surface area contributed by atoms with Gasteiger partial charge in [-0.1, -0.05) is 54.6 Å². The molecule has 1 N–H and O–H groups in total. The number of halogens is 1. The second kappa shape index (κ2) is 10.1. The van der Waals surface area contributed by atoms with Crippen molar-refractivity contribution in [2.45, 2.75) is 39.4 Å². The van der Waals surface area contributed by atoms with Gasteiger partial charge in [-0.2, -0.15) is 0 Å². The molecule has 0 aromatic heterocycles. The number of carbonyl (C=O) groups excluding carboxylic acids is 2. The van der Waals surface area contributed by atoms with Gasteiger partial charge in [-0.3, -0.25) is 9.59 Å². The number of benzene rings is 3. The van der Waals surface area contributed by atoms with Crippen molar-refractivity contribution in [2.24, 2.45) is 0 Å². The second-order valence-corrected chi connectivity index (χ2v) is 7.72. The smallest absolute Gasteiger partial charge is 0.261 e. The van der Waals surface area contributed by atoms with Crippen LogP contribution >= 0.6 is 0 Å². The molecule has 0 bridgehead atoms. The van der Waals surface area contributed by atoms with Gasteiger partial charge in [-0.05, 0) is 38.3 Å². The summed E-state index contributed by atoms with van der Waals surface area (Å²) >= 11 is 0. The quantitative estimate of drug-likeness (QED) is 0.589. The molecule has 1 atom stereocenters. The summed E-state index contributed by atoms with van der Waals surface area (Å²) in [4.78, 5) is 27.0. The largest absolute Gasteiger partial charge is 0.483 e. The summed E-state index contributed by atoms with van der Waals surface area (Å²) in [6, 6.07) is 18.7. The van der Waals surface area contributed by atoms with Crippen LogP contribution in [-0.2, 0) is 16.1 Å². The van der Waals surface area contributed by atoms with Crippen LogP contribution in [-0.4, -0.2) is 35.4 Å². The van der Waals surface area contributed by atoms with Gasteiger partial charge in [0.05, 0.1) is 0 Å². The summed E-state index contributed by atoms with van der Waals surface area (Å²) in [6.45, 7) is 5.03. The van der Waals surface area contributed by atoms with Crippen LogP contribution in [0.1, 0.15) is 26.3 Å². The number of rotatable bonds is 8. The Morgan fingerprint density at radius 3 is 2.39 bits per heavy atom. The van der Waals surface area contributed by atoms with Crippen LogP contribution in [0.2, 0.25) is 0 Å². The van der Waals surface area contributed by atoms with Crippen LogP contribution in [0.25, 0.3) is 10.8 Å². The van der Waals surface area contributed by atoms with Crippen molar-refractivity contribution in [1.82, 2.24) is 10.2 Å². The van der Waals surface area contributed by atoms with E-state index in [0.29, 0.717) is 11.3 Å². The van der Waals surface area contributed by atoms with Crippen LogP contribution in [0.4, 0.5) is 4.39 Å². The van der Waals surface area contributed by atoms with E-state index in [-0.39, 0.29) is 25.1 Å². The lowest BCUT2D eigenvalue weighted by molar-refractivity contribution is -0.142. The maximum Gasteiger partial charge on any atom is 0.261 e. The fraction of sp³-hybridized carbons (Fsp3) is 0.280. The van der Waals surface area contributed by atoms with Crippen molar-refractivity contribution in [1.29, 1.82) is 0 Å². The van der Waals surface area contributed by atoms with Gasteiger partial charge in [0, 0.05) is 23.5 Å². The minimum atomic E-state index is -0.786. The molecule has 3 rings (SSSR count). The number of nitrogens with zero attached hydrogens (tertiary/aromatic N) is 1. The molecule has 0 aliphatic carbocycles. The normalized spacial score (nSPS) is 11.9. The van der Waals surface area contributed by atoms with Crippen LogP contribution in [0.3, 0.4) is 0 Å². The van der Waals surface area contributed by atoms with E-state index in [1.54, 1.807) is 31.2 Å². The van der Waals surface area contributed by atoms with Gasteiger partial charge in [0.2, 0.25) is 5.91 Å². The van der Waals surface area contributed by atoms with Crippen molar-refractivity contribution in [3.05, 3.63) is 78.1 Å². The molecule has 0 aliphatic rings. The summed E-state index contributed by atoms with van der Waals surface area (Å²) in [5.41, 5.74) is 0.338. The van der Waals surface area contributed by atoms with Gasteiger partial charge in [0.25, 0.3) is 5.91 Å². The molecule has 31 heavy (non-hydrogen) atoms. The fourth-order valence-electron chi connectivity index (χ4n) is 3.34. The first-order valence-electron chi connectivity index (χ1n) is 10.3. The van der Waals surface area contributed by atoms with Gasteiger partial charge in [0.15, 0.2) is 6.61 Å². The van der Waals surface area contributed by atoms with Gasteiger partial charge < -0.3 is 15.0 Å². The molecule has 0 spiro atoms. The number of hydrogen-bond donors (Lipinski definition) is 1. The Morgan fingerprint density at radius 1 is 0.968 bits per heavy atom. The van der Waals surface area contributed by atoms with Crippen molar-refractivity contribution >= 4 is 22.6 Å².